The predicted molar refractivity (Wildman–Crippen MR) is 228 cm³/mol. The van der Waals surface area contributed by atoms with Crippen molar-refractivity contribution in [1.82, 2.24) is 24.5 Å². The number of nitrogens with zero attached hydrogens (tertiary/aromatic N) is 5. The summed E-state index contributed by atoms with van der Waals surface area (Å²) in [6, 6.07) is 56.3. The number of fused-ring (bicyclic) bond motifs is 9. The zero-order chi connectivity index (χ0) is 37.5. The molecule has 266 valence electrons. The Kier molecular flexibility index (Phi) is 6.79. The number of hydrogen-bond donors (Lipinski definition) is 0. The summed E-state index contributed by atoms with van der Waals surface area (Å²) in [5.41, 5.74) is 11.1. The van der Waals surface area contributed by atoms with Crippen LogP contribution in [0.2, 0.25) is 0 Å². The van der Waals surface area contributed by atoms with Crippen molar-refractivity contribution in [3.8, 4) is 51.0 Å². The number of furan rings is 2. The fourth-order valence-electron chi connectivity index (χ4n) is 8.31. The van der Waals surface area contributed by atoms with Gasteiger partial charge in [-0.05, 0) is 65.7 Å². The van der Waals surface area contributed by atoms with Gasteiger partial charge in [0.1, 0.15) is 16.7 Å². The molecule has 5 aromatic heterocycles. The van der Waals surface area contributed by atoms with Gasteiger partial charge in [0.2, 0.25) is 0 Å². The van der Waals surface area contributed by atoms with Crippen molar-refractivity contribution < 1.29 is 8.83 Å². The zero-order valence-corrected chi connectivity index (χ0v) is 30.3. The molecule has 7 nitrogen and oxygen atoms in total. The molecule has 0 aliphatic rings. The van der Waals surface area contributed by atoms with Gasteiger partial charge in [0, 0.05) is 60.9 Å². The average molecular weight is 732 g/mol. The summed E-state index contributed by atoms with van der Waals surface area (Å²) in [5, 5.41) is 6.44. The largest absolute Gasteiger partial charge is 0.456 e. The molecule has 0 N–H and O–H groups in total. The molecule has 0 bridgehead atoms. The molecule has 0 aliphatic carbocycles. The Balaban J connectivity index is 1.04. The fourth-order valence-corrected chi connectivity index (χ4v) is 8.31. The summed E-state index contributed by atoms with van der Waals surface area (Å²) in [5.74, 6) is 1.65. The lowest BCUT2D eigenvalue weighted by Crippen LogP contribution is -2.01. The van der Waals surface area contributed by atoms with E-state index in [1.165, 1.54) is 10.8 Å². The highest BCUT2D eigenvalue weighted by atomic mass is 16.3. The molecule has 0 aliphatic heterocycles. The second kappa shape index (κ2) is 12.3. The van der Waals surface area contributed by atoms with Crippen LogP contribution in [0.15, 0.2) is 185 Å². The number of aromatic nitrogens is 5. The average Bonchev–Trinajstić information content (AvgIpc) is 3.96. The highest BCUT2D eigenvalue weighted by Gasteiger charge is 2.20. The van der Waals surface area contributed by atoms with Crippen LogP contribution < -0.4 is 0 Å². The first-order valence-electron chi connectivity index (χ1n) is 18.9. The molecule has 0 amide bonds. The Morgan fingerprint density at radius 2 is 0.947 bits per heavy atom. The molecule has 0 fully saturated rings. The summed E-state index contributed by atoms with van der Waals surface area (Å²) < 4.78 is 14.9. The maximum Gasteiger partial charge on any atom is 0.166 e. The van der Waals surface area contributed by atoms with Crippen molar-refractivity contribution >= 4 is 65.7 Å². The lowest BCUT2D eigenvalue weighted by molar-refractivity contribution is 0.667. The van der Waals surface area contributed by atoms with Gasteiger partial charge in [0.15, 0.2) is 23.1 Å². The van der Waals surface area contributed by atoms with Gasteiger partial charge in [0.05, 0.1) is 17.2 Å². The number of hydrogen-bond acceptors (Lipinski definition) is 6. The highest BCUT2D eigenvalue weighted by Crippen LogP contribution is 2.40. The molecule has 7 heteroatoms. The highest BCUT2D eigenvalue weighted by molar-refractivity contribution is 6.13. The lowest BCUT2D eigenvalue weighted by Gasteiger charge is -2.12. The molecular weight excluding hydrogens is 703 g/mol. The van der Waals surface area contributed by atoms with Crippen molar-refractivity contribution in [2.24, 2.45) is 0 Å². The molecule has 0 saturated heterocycles. The van der Waals surface area contributed by atoms with Crippen LogP contribution in [0.4, 0.5) is 0 Å². The maximum atomic E-state index is 6.43. The van der Waals surface area contributed by atoms with E-state index in [9.17, 15) is 0 Å². The second-order valence-corrected chi connectivity index (χ2v) is 14.3. The lowest BCUT2D eigenvalue weighted by atomic mass is 10.00. The summed E-state index contributed by atoms with van der Waals surface area (Å²) in [6.07, 6.45) is 3.59. The second-order valence-electron chi connectivity index (χ2n) is 14.3. The zero-order valence-electron chi connectivity index (χ0n) is 30.3. The Labute approximate surface area is 325 Å². The van der Waals surface area contributed by atoms with Gasteiger partial charge >= 0.3 is 0 Å². The first-order chi connectivity index (χ1) is 28.2. The van der Waals surface area contributed by atoms with E-state index in [1.54, 1.807) is 6.20 Å². The molecule has 0 spiro atoms. The minimum atomic E-state index is 0.513. The SMILES string of the molecule is c1ccc(-c2nc(-c3cccc(-n4c5ccccc5c5ccccc54)c3)nc(-c3cncc4oc5ccc(-c6ccc7oc8ccccc8c7c6)cc5c34)n2)cc1. The Morgan fingerprint density at radius 1 is 0.368 bits per heavy atom. The third-order valence-corrected chi connectivity index (χ3v) is 10.9. The normalized spacial score (nSPS) is 11.9. The van der Waals surface area contributed by atoms with Crippen LogP contribution in [-0.4, -0.2) is 24.5 Å². The van der Waals surface area contributed by atoms with E-state index in [4.69, 9.17) is 23.8 Å². The van der Waals surface area contributed by atoms with E-state index in [-0.39, 0.29) is 0 Å². The standard InChI is InChI=1S/C50H29N5O2/c1-2-11-30(12-3-1)48-52-49(33-13-10-14-34(25-33)55-41-18-7-4-15-35(41)36-16-5-8-19-42(36)55)54-50(53-48)40-28-51-29-46-47(40)39-27-32(22-24-45(39)57-46)31-21-23-44-38(26-31)37-17-6-9-20-43(37)56-44/h1-29H. The van der Waals surface area contributed by atoms with Crippen LogP contribution in [-0.2, 0) is 0 Å². The van der Waals surface area contributed by atoms with E-state index in [2.05, 4.69) is 113 Å². The predicted octanol–water partition coefficient (Wildman–Crippen LogP) is 12.8. The first kappa shape index (κ1) is 31.5. The minimum absolute atomic E-state index is 0.513. The first-order valence-corrected chi connectivity index (χ1v) is 18.9. The van der Waals surface area contributed by atoms with E-state index < -0.39 is 0 Å². The molecule has 12 rings (SSSR count). The quantitative estimate of drug-likeness (QED) is 0.175. The summed E-state index contributed by atoms with van der Waals surface area (Å²) >= 11 is 0. The van der Waals surface area contributed by atoms with Crippen molar-refractivity contribution in [2.75, 3.05) is 0 Å². The van der Waals surface area contributed by atoms with Gasteiger partial charge in [0.25, 0.3) is 0 Å². The van der Waals surface area contributed by atoms with Gasteiger partial charge in [-0.15, -0.1) is 0 Å². The third kappa shape index (κ3) is 4.99. The van der Waals surface area contributed by atoms with Crippen molar-refractivity contribution in [1.29, 1.82) is 0 Å². The van der Waals surface area contributed by atoms with E-state index in [0.717, 1.165) is 82.8 Å². The van der Waals surface area contributed by atoms with E-state index in [0.29, 0.717) is 23.1 Å². The van der Waals surface area contributed by atoms with Crippen LogP contribution in [0.3, 0.4) is 0 Å². The van der Waals surface area contributed by atoms with Gasteiger partial charge in [-0.3, -0.25) is 4.98 Å². The van der Waals surface area contributed by atoms with Gasteiger partial charge in [-0.25, -0.2) is 15.0 Å². The Hall–Kier alpha value is -7.90. The summed E-state index contributed by atoms with van der Waals surface area (Å²) in [6.45, 7) is 0. The number of pyridine rings is 1. The van der Waals surface area contributed by atoms with Crippen LogP contribution in [0.1, 0.15) is 0 Å². The molecule has 0 saturated carbocycles. The van der Waals surface area contributed by atoms with Gasteiger partial charge < -0.3 is 13.4 Å². The van der Waals surface area contributed by atoms with E-state index >= 15 is 0 Å². The third-order valence-electron chi connectivity index (χ3n) is 10.9. The topological polar surface area (TPSA) is 82.8 Å². The van der Waals surface area contributed by atoms with Crippen LogP contribution in [0.25, 0.3) is 117 Å². The van der Waals surface area contributed by atoms with Crippen molar-refractivity contribution in [3.63, 3.8) is 0 Å². The molecule has 5 heterocycles. The summed E-state index contributed by atoms with van der Waals surface area (Å²) in [4.78, 5) is 20.0. The molecule has 0 atom stereocenters. The molecule has 12 aromatic rings. The maximum absolute atomic E-state index is 6.43. The van der Waals surface area contributed by atoms with Crippen molar-refractivity contribution in [2.45, 2.75) is 0 Å². The monoisotopic (exact) mass is 731 g/mol. The Morgan fingerprint density at radius 3 is 1.72 bits per heavy atom. The summed E-state index contributed by atoms with van der Waals surface area (Å²) in [7, 11) is 0. The number of rotatable bonds is 5. The molecule has 0 unspecified atom stereocenters. The van der Waals surface area contributed by atoms with Crippen molar-refractivity contribution in [3.05, 3.63) is 176 Å². The Bertz CT molecular complexity index is 3490. The number of para-hydroxylation sites is 3. The van der Waals surface area contributed by atoms with Gasteiger partial charge in [-0.1, -0.05) is 109 Å². The fraction of sp³-hybridized carbons (Fsp3) is 0. The van der Waals surface area contributed by atoms with Crippen LogP contribution in [0, 0.1) is 0 Å². The van der Waals surface area contributed by atoms with Crippen LogP contribution in [0.5, 0.6) is 0 Å². The molecule has 0 radical (unpaired) electrons. The molecular formula is C50H29N5O2. The smallest absolute Gasteiger partial charge is 0.166 e. The number of benzene rings is 7. The molecule has 7 aromatic carbocycles. The van der Waals surface area contributed by atoms with E-state index in [1.807, 2.05) is 66.9 Å². The minimum Gasteiger partial charge on any atom is -0.456 e. The molecule has 57 heavy (non-hydrogen) atoms. The van der Waals surface area contributed by atoms with Crippen LogP contribution >= 0.6 is 0 Å². The van der Waals surface area contributed by atoms with Gasteiger partial charge in [-0.2, -0.15) is 0 Å².